The minimum absolute atomic E-state index is 0.0391. The van der Waals surface area contributed by atoms with Gasteiger partial charge in [0.05, 0.1) is 40.2 Å². The lowest BCUT2D eigenvalue weighted by Gasteiger charge is -2.67. The third-order valence-corrected chi connectivity index (χ3v) is 17.5. The van der Waals surface area contributed by atoms with Crippen LogP contribution in [0, 0.1) is 26.9 Å². The number of carbonyl (C=O) groups excluding carboxylic acids is 7. The van der Waals surface area contributed by atoms with Crippen molar-refractivity contribution in [3.63, 3.8) is 0 Å². The Balaban J connectivity index is 1.19. The van der Waals surface area contributed by atoms with Crippen LogP contribution in [0.1, 0.15) is 86.7 Å². The standard InChI is InChI=1S/C61H65N3O24/c1-29-38(27-61(78)51(87-54(75)34-21-15-10-16-22-34)49-59(6,39(67)26-40-60(49,28-81-40)88-31(3)66)50(71)46(82-30(2)65)41(29)58(61,4)5)83-55(76)47(42(32-17-11-8-12-18-32)62-52(72)33-19-13-9-14-20-33)86-57(77)63(7)36-25-35(64(79)80)23-24-37(36)84-56-45(70)43(68)44(69)48(85-56)53(73)74/h8-25,38-40,42-49,51,56,67-70,78H,26-28H2,1-7H3,(H,62,72)(H,73,74)/t38-,39-,40+,42-,43-,44-,45+,46+,47+,48-,49?,51?,56+,59+,60-,61+/m0/s1. The van der Waals surface area contributed by atoms with E-state index >= 15 is 9.59 Å². The highest BCUT2D eigenvalue weighted by Gasteiger charge is 2.78. The van der Waals surface area contributed by atoms with Gasteiger partial charge in [0.15, 0.2) is 23.6 Å². The number of rotatable bonds is 16. The van der Waals surface area contributed by atoms with Crippen molar-refractivity contribution in [2.45, 2.75) is 139 Å². The highest BCUT2D eigenvalue weighted by molar-refractivity contribution is 5.97. The fourth-order valence-electron chi connectivity index (χ4n) is 12.8. The van der Waals surface area contributed by atoms with Crippen molar-refractivity contribution >= 4 is 59.0 Å². The molecule has 27 heteroatoms. The summed E-state index contributed by atoms with van der Waals surface area (Å²) in [6.07, 6.45) is -24.6. The van der Waals surface area contributed by atoms with Crippen molar-refractivity contribution in [2.24, 2.45) is 16.7 Å². The summed E-state index contributed by atoms with van der Waals surface area (Å²) >= 11 is 0. The van der Waals surface area contributed by atoms with Gasteiger partial charge in [-0.05, 0) is 60.9 Å². The van der Waals surface area contributed by atoms with E-state index in [4.69, 9.17) is 37.9 Å². The van der Waals surface area contributed by atoms with Crippen molar-refractivity contribution in [3.8, 4) is 5.75 Å². The summed E-state index contributed by atoms with van der Waals surface area (Å²) in [6.45, 7) is 7.27. The van der Waals surface area contributed by atoms with Gasteiger partial charge < -0.3 is 73.9 Å². The van der Waals surface area contributed by atoms with Crippen LogP contribution in [0.3, 0.4) is 0 Å². The van der Waals surface area contributed by atoms with Crippen molar-refractivity contribution < 1.29 is 112 Å². The van der Waals surface area contributed by atoms with Gasteiger partial charge in [-0.3, -0.25) is 34.2 Å². The lowest BCUT2D eigenvalue weighted by atomic mass is 9.44. The van der Waals surface area contributed by atoms with Gasteiger partial charge in [0.25, 0.3) is 11.6 Å². The van der Waals surface area contributed by atoms with Gasteiger partial charge in [0, 0.05) is 56.8 Å². The fourth-order valence-corrected chi connectivity index (χ4v) is 12.8. The normalized spacial score (nSPS) is 31.0. The van der Waals surface area contributed by atoms with Crippen molar-refractivity contribution in [3.05, 3.63) is 147 Å². The summed E-state index contributed by atoms with van der Waals surface area (Å²) in [6, 6.07) is 23.5. The number of carboxylic acids is 1. The van der Waals surface area contributed by atoms with Crippen molar-refractivity contribution in [2.75, 3.05) is 18.6 Å². The van der Waals surface area contributed by atoms with E-state index in [1.165, 1.54) is 88.4 Å². The molecule has 4 aromatic carbocycles. The number of hydrogen-bond donors (Lipinski definition) is 7. The molecule has 7 N–H and O–H groups in total. The summed E-state index contributed by atoms with van der Waals surface area (Å²) in [5, 5.41) is 83.0. The van der Waals surface area contributed by atoms with Gasteiger partial charge in [-0.2, -0.15) is 0 Å². The van der Waals surface area contributed by atoms with Gasteiger partial charge >= 0.3 is 35.9 Å². The number of benzene rings is 4. The molecule has 16 atom stereocenters. The van der Waals surface area contributed by atoms with E-state index in [1.807, 2.05) is 0 Å². The summed E-state index contributed by atoms with van der Waals surface area (Å²) in [5.74, 6) is -10.4. The Morgan fingerprint density at radius 2 is 1.42 bits per heavy atom. The summed E-state index contributed by atoms with van der Waals surface area (Å²) in [7, 11) is 0.994. The molecule has 2 unspecified atom stereocenters. The number of nitro benzene ring substituents is 1. The molecular weight excluding hydrogens is 1160 g/mol. The second-order valence-corrected chi connectivity index (χ2v) is 23.0. The number of carboxylic acid groups (broad SMARTS) is 1. The number of aliphatic hydroxyl groups is 5. The van der Waals surface area contributed by atoms with Gasteiger partial charge in [0.2, 0.25) is 12.4 Å². The predicted molar refractivity (Wildman–Crippen MR) is 298 cm³/mol. The molecule has 2 heterocycles. The maximum atomic E-state index is 15.9. The second kappa shape index (κ2) is 24.5. The van der Waals surface area contributed by atoms with E-state index in [9.17, 15) is 69.5 Å². The Morgan fingerprint density at radius 3 is 1.99 bits per heavy atom. The van der Waals surface area contributed by atoms with Gasteiger partial charge in [-0.1, -0.05) is 80.6 Å². The molecule has 0 radical (unpaired) electrons. The largest absolute Gasteiger partial charge is 0.479 e. The first-order valence-corrected chi connectivity index (χ1v) is 27.8. The average Bonchev–Trinajstić information content (AvgIpc) is 0.679. The van der Waals surface area contributed by atoms with Gasteiger partial charge in [-0.25, -0.2) is 19.2 Å². The average molecular weight is 1220 g/mol. The Hall–Kier alpha value is -8.70. The van der Waals surface area contributed by atoms with E-state index in [0.29, 0.717) is 4.90 Å². The molecule has 2 amide bonds. The number of aliphatic carboxylic acids is 1. The van der Waals surface area contributed by atoms with Crippen LogP contribution in [0.5, 0.6) is 5.75 Å². The number of nitrogens with zero attached hydrogens (tertiary/aromatic N) is 2. The maximum Gasteiger partial charge on any atom is 0.415 e. The Bertz CT molecular complexity index is 3440. The molecule has 2 saturated heterocycles. The number of hydrogen-bond acceptors (Lipinski definition) is 23. The Morgan fingerprint density at radius 1 is 0.807 bits per heavy atom. The van der Waals surface area contributed by atoms with E-state index in [-0.39, 0.29) is 34.3 Å². The highest BCUT2D eigenvalue weighted by Crippen LogP contribution is 2.64. The molecule has 27 nitrogen and oxygen atoms in total. The molecule has 4 fully saturated rings. The third-order valence-electron chi connectivity index (χ3n) is 17.5. The highest BCUT2D eigenvalue weighted by atomic mass is 16.7. The van der Waals surface area contributed by atoms with E-state index in [2.05, 4.69) is 5.32 Å². The second-order valence-electron chi connectivity index (χ2n) is 23.0. The van der Waals surface area contributed by atoms with Gasteiger partial charge in [-0.15, -0.1) is 0 Å². The lowest BCUT2D eigenvalue weighted by Crippen LogP contribution is -2.82. The molecule has 2 saturated carbocycles. The number of ketones is 1. The number of non-ortho nitro benzene ring substituents is 1. The minimum atomic E-state index is -2.65. The maximum absolute atomic E-state index is 15.9. The first-order chi connectivity index (χ1) is 41.5. The summed E-state index contributed by atoms with van der Waals surface area (Å²) in [4.78, 5) is 126. The fraction of sp³-hybridized carbons (Fsp3) is 0.443. The molecular formula is C61H65N3O24. The number of esters is 4. The number of nitro groups is 1. The van der Waals surface area contributed by atoms with E-state index in [0.717, 1.165) is 39.1 Å². The molecule has 4 aromatic rings. The van der Waals surface area contributed by atoms with E-state index < -0.39 is 184 Å². The van der Waals surface area contributed by atoms with Crippen LogP contribution in [0.15, 0.2) is 120 Å². The van der Waals surface area contributed by atoms with E-state index in [1.54, 1.807) is 30.3 Å². The van der Waals surface area contributed by atoms with Crippen LogP contribution in [0.25, 0.3) is 0 Å². The Kier molecular flexibility index (Phi) is 17.7. The summed E-state index contributed by atoms with van der Waals surface area (Å²) < 4.78 is 48.0. The van der Waals surface area contributed by atoms with Crippen molar-refractivity contribution in [1.29, 1.82) is 0 Å². The molecule has 2 aliphatic heterocycles. The third kappa shape index (κ3) is 11.3. The number of fused-ring (bicyclic) bond motifs is 5. The number of Topliss-reactive ketones (excluding diaryl/α,β-unsaturated/α-hetero) is 1. The number of aliphatic hydroxyl groups excluding tert-OH is 4. The van der Waals surface area contributed by atoms with Crippen LogP contribution in [0.2, 0.25) is 0 Å². The predicted octanol–water partition coefficient (Wildman–Crippen LogP) is 3.20. The molecule has 468 valence electrons. The SMILES string of the molecule is CC(=O)O[C@H]1C(=O)[C@@]2(C)C(C(OC(=O)c3ccccc3)[C@]3(O)C[C@H](OC(=O)[C@H](OC(=O)N(C)c4cc([N+](=O)[O-])ccc4O[C@@H]4O[C@H](C(=O)O)[C@@H](O)[C@H](O)[C@H]4O)[C@@H](NC(=O)c4ccccc4)c4ccccc4)C(C)=C1C3(C)C)[C@]1(OC(C)=O)CO[C@@H]1C[C@@H]2O. The number of nitrogens with one attached hydrogen (secondary N) is 1. The molecule has 9 rings (SSSR count). The Labute approximate surface area is 501 Å². The number of amides is 2. The molecule has 88 heavy (non-hydrogen) atoms. The lowest BCUT2D eigenvalue weighted by molar-refractivity contribution is -0.384. The minimum Gasteiger partial charge on any atom is -0.479 e. The molecule has 0 spiro atoms. The van der Waals surface area contributed by atoms with Crippen LogP contribution < -0.4 is 15.0 Å². The number of carbonyl (C=O) groups is 8. The quantitative estimate of drug-likeness (QED) is 0.0278. The van der Waals surface area contributed by atoms with Crippen LogP contribution >= 0.6 is 0 Å². The zero-order valence-corrected chi connectivity index (χ0v) is 48.4. The number of ether oxygens (including phenoxy) is 8. The van der Waals surface area contributed by atoms with Crippen LogP contribution in [0.4, 0.5) is 16.2 Å². The zero-order chi connectivity index (χ0) is 64.1. The zero-order valence-electron chi connectivity index (χ0n) is 48.4. The van der Waals surface area contributed by atoms with Gasteiger partial charge in [0.1, 0.15) is 54.0 Å². The first-order valence-electron chi connectivity index (χ1n) is 27.8. The first kappa shape index (κ1) is 63.8. The topological polar surface area (TPSA) is 390 Å². The summed E-state index contributed by atoms with van der Waals surface area (Å²) in [5.41, 5.74) is -10.1. The number of anilines is 1. The van der Waals surface area contributed by atoms with Crippen molar-refractivity contribution in [1.82, 2.24) is 5.32 Å². The van der Waals surface area contributed by atoms with Crippen LogP contribution in [-0.2, 0) is 57.1 Å². The molecule has 0 aromatic heterocycles. The molecule has 5 aliphatic rings. The molecule has 2 bridgehead atoms. The molecule has 3 aliphatic carbocycles. The van der Waals surface area contributed by atoms with Crippen LogP contribution in [-0.4, -0.2) is 175 Å². The monoisotopic (exact) mass is 1220 g/mol. The smallest absolute Gasteiger partial charge is 0.415 e.